The molecular formula is C28H29F3N4O4S. The van der Waals surface area contributed by atoms with Gasteiger partial charge in [-0.2, -0.15) is 13.2 Å². The summed E-state index contributed by atoms with van der Waals surface area (Å²) < 4.78 is 57.4. The summed E-state index contributed by atoms with van der Waals surface area (Å²) in [5, 5.41) is 4.74. The number of urea groups is 1. The predicted molar refractivity (Wildman–Crippen MR) is 146 cm³/mol. The number of hydrogen-bond donors (Lipinski definition) is 1. The molecule has 0 aliphatic carbocycles. The lowest BCUT2D eigenvalue weighted by molar-refractivity contribution is -0.137. The van der Waals surface area contributed by atoms with E-state index in [1.54, 1.807) is 19.1 Å². The van der Waals surface area contributed by atoms with Crippen LogP contribution in [0.25, 0.3) is 16.2 Å². The standard InChI is InChI=1S/C28H29F3N4O4S/c1-37-21-9-10-25(38-2)23(14-21)24-16-35-20(17-40-27(35)33-24)11-12-34(15-22-4-3-13-39-22)26(36)32-19-7-5-18(6-8-19)28(29,30)31/h5-10,14,16-17,22H,3-4,11-13,15H2,1-2H3,(H,32,36)/t22-/m0/s1. The Hall–Kier alpha value is -3.77. The molecule has 1 N–H and O–H groups in total. The molecule has 2 aromatic carbocycles. The smallest absolute Gasteiger partial charge is 0.416 e. The second-order valence-corrected chi connectivity index (χ2v) is 10.2. The van der Waals surface area contributed by atoms with E-state index in [9.17, 15) is 18.0 Å². The molecule has 0 unspecified atom stereocenters. The second kappa shape index (κ2) is 11.8. The number of alkyl halides is 3. The van der Waals surface area contributed by atoms with Gasteiger partial charge in [-0.1, -0.05) is 0 Å². The maximum absolute atomic E-state index is 13.2. The minimum Gasteiger partial charge on any atom is -0.497 e. The van der Waals surface area contributed by atoms with E-state index in [2.05, 4.69) is 5.32 Å². The Labute approximate surface area is 233 Å². The van der Waals surface area contributed by atoms with Crippen molar-refractivity contribution in [2.75, 3.05) is 39.2 Å². The lowest BCUT2D eigenvalue weighted by Crippen LogP contribution is -2.41. The minimum atomic E-state index is -4.44. The summed E-state index contributed by atoms with van der Waals surface area (Å²) in [6.45, 7) is 1.42. The molecule has 40 heavy (non-hydrogen) atoms. The summed E-state index contributed by atoms with van der Waals surface area (Å²) in [6.07, 6.45) is -0.272. The fraction of sp³-hybridized carbons (Fsp3) is 0.357. The number of amides is 2. The number of methoxy groups -OCH3 is 2. The first-order chi connectivity index (χ1) is 19.2. The van der Waals surface area contributed by atoms with Crippen molar-refractivity contribution in [2.24, 2.45) is 0 Å². The molecule has 212 valence electrons. The number of nitrogens with one attached hydrogen (secondary N) is 1. The summed E-state index contributed by atoms with van der Waals surface area (Å²) in [7, 11) is 3.21. The van der Waals surface area contributed by atoms with Crippen molar-refractivity contribution < 1.29 is 32.2 Å². The zero-order valence-electron chi connectivity index (χ0n) is 22.0. The van der Waals surface area contributed by atoms with Gasteiger partial charge in [0.05, 0.1) is 31.6 Å². The van der Waals surface area contributed by atoms with E-state index in [0.29, 0.717) is 43.3 Å². The number of imidazole rings is 1. The minimum absolute atomic E-state index is 0.0822. The summed E-state index contributed by atoms with van der Waals surface area (Å²) >= 11 is 1.50. The van der Waals surface area contributed by atoms with Gasteiger partial charge < -0.3 is 24.4 Å². The molecule has 0 bridgehead atoms. The number of carbonyl (C=O) groups excluding carboxylic acids is 1. The maximum atomic E-state index is 13.2. The van der Waals surface area contributed by atoms with Crippen molar-refractivity contribution in [1.82, 2.24) is 14.3 Å². The van der Waals surface area contributed by atoms with Crippen molar-refractivity contribution >= 4 is 28.0 Å². The Morgan fingerprint density at radius 3 is 2.67 bits per heavy atom. The van der Waals surface area contributed by atoms with Crippen LogP contribution < -0.4 is 14.8 Å². The number of aromatic nitrogens is 2. The van der Waals surface area contributed by atoms with Crippen LogP contribution in [0.2, 0.25) is 0 Å². The Kier molecular flexibility index (Phi) is 8.17. The third-order valence-electron chi connectivity index (χ3n) is 6.80. The third-order valence-corrected chi connectivity index (χ3v) is 7.69. The topological polar surface area (TPSA) is 77.3 Å². The third kappa shape index (κ3) is 6.18. The van der Waals surface area contributed by atoms with E-state index in [1.165, 1.54) is 23.5 Å². The molecule has 5 rings (SSSR count). The normalized spacial score (nSPS) is 15.4. The number of halogens is 3. The molecule has 0 saturated carbocycles. The van der Waals surface area contributed by atoms with Crippen molar-refractivity contribution in [3.63, 3.8) is 0 Å². The highest BCUT2D eigenvalue weighted by Gasteiger charge is 2.30. The number of carbonyl (C=O) groups is 1. The van der Waals surface area contributed by atoms with Crippen LogP contribution in [-0.2, 0) is 17.3 Å². The molecule has 4 aromatic rings. The molecule has 0 radical (unpaired) electrons. The van der Waals surface area contributed by atoms with Gasteiger partial charge in [-0.15, -0.1) is 11.3 Å². The number of nitrogens with zero attached hydrogens (tertiary/aromatic N) is 3. The fourth-order valence-corrected chi connectivity index (χ4v) is 5.56. The Balaban J connectivity index is 1.33. The van der Waals surface area contributed by atoms with Gasteiger partial charge in [0.1, 0.15) is 11.5 Å². The van der Waals surface area contributed by atoms with E-state index < -0.39 is 17.8 Å². The van der Waals surface area contributed by atoms with Crippen molar-refractivity contribution in [1.29, 1.82) is 0 Å². The monoisotopic (exact) mass is 574 g/mol. The molecule has 1 saturated heterocycles. The summed E-state index contributed by atoms with van der Waals surface area (Å²) in [6, 6.07) is 9.56. The van der Waals surface area contributed by atoms with Crippen LogP contribution in [0, 0.1) is 0 Å². The number of anilines is 1. The van der Waals surface area contributed by atoms with E-state index in [-0.39, 0.29) is 6.10 Å². The number of fused-ring (bicyclic) bond motifs is 1. The number of rotatable bonds is 9. The molecule has 2 aromatic heterocycles. The first-order valence-corrected chi connectivity index (χ1v) is 13.7. The van der Waals surface area contributed by atoms with Gasteiger partial charge in [0.2, 0.25) is 0 Å². The SMILES string of the molecule is COc1ccc(OC)c(-c2cn3c(CCN(C[C@@H]4CCCO4)C(=O)Nc4ccc(C(F)(F)F)cc4)csc3n2)c1. The molecule has 2 amide bonds. The Morgan fingerprint density at radius 2 is 2.00 bits per heavy atom. The van der Waals surface area contributed by atoms with Crippen LogP contribution in [0.15, 0.2) is 54.0 Å². The molecular weight excluding hydrogens is 545 g/mol. The quantitative estimate of drug-likeness (QED) is 0.252. The van der Waals surface area contributed by atoms with Gasteiger partial charge in [-0.05, 0) is 55.3 Å². The molecule has 0 spiro atoms. The van der Waals surface area contributed by atoms with Crippen LogP contribution in [0.5, 0.6) is 11.5 Å². The van der Waals surface area contributed by atoms with Gasteiger partial charge in [-0.25, -0.2) is 9.78 Å². The van der Waals surface area contributed by atoms with E-state index in [1.807, 2.05) is 34.2 Å². The summed E-state index contributed by atoms with van der Waals surface area (Å²) in [5.74, 6) is 1.37. The largest absolute Gasteiger partial charge is 0.497 e. The molecule has 1 aliphatic rings. The molecule has 8 nitrogen and oxygen atoms in total. The van der Waals surface area contributed by atoms with Crippen molar-refractivity contribution in [3.8, 4) is 22.8 Å². The van der Waals surface area contributed by atoms with Crippen LogP contribution in [0.3, 0.4) is 0 Å². The average molecular weight is 575 g/mol. The predicted octanol–water partition coefficient (Wildman–Crippen LogP) is 6.35. The number of benzene rings is 2. The first kappa shape index (κ1) is 27.8. The van der Waals surface area contributed by atoms with Gasteiger partial charge >= 0.3 is 12.2 Å². The van der Waals surface area contributed by atoms with Gasteiger partial charge in [-0.3, -0.25) is 4.40 Å². The highest BCUT2D eigenvalue weighted by Crippen LogP contribution is 2.34. The molecule has 12 heteroatoms. The van der Waals surface area contributed by atoms with E-state index >= 15 is 0 Å². The van der Waals surface area contributed by atoms with Crippen molar-refractivity contribution in [2.45, 2.75) is 31.5 Å². The number of ether oxygens (including phenoxy) is 3. The van der Waals surface area contributed by atoms with Crippen LogP contribution in [0.4, 0.5) is 23.7 Å². The highest BCUT2D eigenvalue weighted by atomic mass is 32.1. The highest BCUT2D eigenvalue weighted by molar-refractivity contribution is 7.15. The van der Waals surface area contributed by atoms with Crippen LogP contribution in [-0.4, -0.2) is 60.3 Å². The zero-order chi connectivity index (χ0) is 28.3. The summed E-state index contributed by atoms with van der Waals surface area (Å²) in [4.78, 5) is 20.4. The molecule has 1 aliphatic heterocycles. The lowest BCUT2D eigenvalue weighted by atomic mass is 10.1. The van der Waals surface area contributed by atoms with Crippen LogP contribution in [0.1, 0.15) is 24.1 Å². The molecule has 3 heterocycles. The summed E-state index contributed by atoms with van der Waals surface area (Å²) in [5.41, 5.74) is 2.04. The maximum Gasteiger partial charge on any atom is 0.416 e. The first-order valence-electron chi connectivity index (χ1n) is 12.8. The van der Waals surface area contributed by atoms with Gasteiger partial charge in [0, 0.05) is 54.6 Å². The van der Waals surface area contributed by atoms with E-state index in [0.717, 1.165) is 46.9 Å². The van der Waals surface area contributed by atoms with Crippen molar-refractivity contribution in [3.05, 3.63) is 65.3 Å². The second-order valence-electron chi connectivity index (χ2n) is 9.41. The lowest BCUT2D eigenvalue weighted by Gasteiger charge is -2.26. The molecule has 1 fully saturated rings. The van der Waals surface area contributed by atoms with Crippen LogP contribution >= 0.6 is 11.3 Å². The molecule has 1 atom stereocenters. The van der Waals surface area contributed by atoms with Gasteiger partial charge in [0.15, 0.2) is 4.96 Å². The number of hydrogen-bond acceptors (Lipinski definition) is 6. The fourth-order valence-electron chi connectivity index (χ4n) is 4.66. The average Bonchev–Trinajstić information content (AvgIpc) is 3.69. The Bertz CT molecular complexity index is 1460. The Morgan fingerprint density at radius 1 is 1.20 bits per heavy atom. The van der Waals surface area contributed by atoms with E-state index in [4.69, 9.17) is 19.2 Å². The van der Waals surface area contributed by atoms with Gasteiger partial charge in [0.25, 0.3) is 0 Å². The zero-order valence-corrected chi connectivity index (χ0v) is 22.8. The number of thiazole rings is 1.